The summed E-state index contributed by atoms with van der Waals surface area (Å²) in [6.07, 6.45) is 3.25. The predicted octanol–water partition coefficient (Wildman–Crippen LogP) is 2.85. The number of thioether (sulfide) groups is 1. The fourth-order valence-electron chi connectivity index (χ4n) is 1.94. The largest absolute Gasteiger partial charge is 0.490 e. The fraction of sp³-hybridized carbons (Fsp3) is 0.235. The molecule has 1 saturated heterocycles. The summed E-state index contributed by atoms with van der Waals surface area (Å²) in [6, 6.07) is 7.08. The number of carbonyl (C=O) groups excluding carboxylic acids is 3. The lowest BCUT2D eigenvalue weighted by Gasteiger charge is -2.10. The Morgan fingerprint density at radius 3 is 2.62 bits per heavy atom. The van der Waals surface area contributed by atoms with Crippen LogP contribution in [0.2, 0.25) is 0 Å². The van der Waals surface area contributed by atoms with Crippen LogP contribution in [-0.2, 0) is 14.3 Å². The minimum atomic E-state index is -0.607. The second-order valence-corrected chi connectivity index (χ2v) is 5.73. The maximum absolute atomic E-state index is 12.2. The average Bonchev–Trinajstić information content (AvgIpc) is 2.82. The Morgan fingerprint density at radius 1 is 1.29 bits per heavy atom. The SMILES string of the molecule is C=CCOc1ccc(C=C2SC(=O)N(CC(=O)OCC)C2=O)cc1. The van der Waals surface area contributed by atoms with Crippen molar-refractivity contribution in [1.29, 1.82) is 0 Å². The van der Waals surface area contributed by atoms with Crippen LogP contribution in [-0.4, -0.2) is 41.8 Å². The van der Waals surface area contributed by atoms with Gasteiger partial charge in [0.2, 0.25) is 0 Å². The van der Waals surface area contributed by atoms with Crippen molar-refractivity contribution in [2.75, 3.05) is 19.8 Å². The molecule has 0 N–H and O–H groups in total. The topological polar surface area (TPSA) is 72.9 Å². The van der Waals surface area contributed by atoms with E-state index >= 15 is 0 Å². The van der Waals surface area contributed by atoms with Crippen LogP contribution in [0.4, 0.5) is 4.79 Å². The second kappa shape index (κ2) is 8.35. The van der Waals surface area contributed by atoms with Crippen LogP contribution in [0.5, 0.6) is 5.75 Å². The lowest BCUT2D eigenvalue weighted by molar-refractivity contribution is -0.145. The van der Waals surface area contributed by atoms with Crippen molar-refractivity contribution in [3.63, 3.8) is 0 Å². The Morgan fingerprint density at radius 2 is 2.00 bits per heavy atom. The number of esters is 1. The molecular formula is C17H17NO5S. The van der Waals surface area contributed by atoms with Gasteiger partial charge in [-0.05, 0) is 42.5 Å². The first-order valence-electron chi connectivity index (χ1n) is 7.30. The first-order chi connectivity index (χ1) is 11.5. The minimum absolute atomic E-state index is 0.200. The number of hydrogen-bond donors (Lipinski definition) is 0. The highest BCUT2D eigenvalue weighted by Crippen LogP contribution is 2.32. The van der Waals surface area contributed by atoms with Crippen LogP contribution in [0.25, 0.3) is 6.08 Å². The van der Waals surface area contributed by atoms with Gasteiger partial charge in [-0.3, -0.25) is 19.3 Å². The van der Waals surface area contributed by atoms with Gasteiger partial charge in [-0.15, -0.1) is 0 Å². The molecule has 0 unspecified atom stereocenters. The van der Waals surface area contributed by atoms with Crippen molar-refractivity contribution >= 4 is 35.0 Å². The van der Waals surface area contributed by atoms with E-state index in [0.717, 1.165) is 22.2 Å². The molecule has 2 rings (SSSR count). The van der Waals surface area contributed by atoms with Gasteiger partial charge in [0.1, 0.15) is 18.9 Å². The summed E-state index contributed by atoms with van der Waals surface area (Å²) in [5, 5.41) is -0.481. The number of hydrogen-bond acceptors (Lipinski definition) is 6. The summed E-state index contributed by atoms with van der Waals surface area (Å²) in [7, 11) is 0. The Hall–Kier alpha value is -2.54. The van der Waals surface area contributed by atoms with Gasteiger partial charge in [0.25, 0.3) is 11.1 Å². The van der Waals surface area contributed by atoms with E-state index in [4.69, 9.17) is 9.47 Å². The Labute approximate surface area is 144 Å². The van der Waals surface area contributed by atoms with Gasteiger partial charge < -0.3 is 9.47 Å². The first kappa shape index (κ1) is 17.8. The molecule has 1 aromatic rings. The smallest absolute Gasteiger partial charge is 0.326 e. The molecule has 0 aliphatic carbocycles. The zero-order chi connectivity index (χ0) is 17.5. The van der Waals surface area contributed by atoms with Crippen LogP contribution in [0.1, 0.15) is 12.5 Å². The summed E-state index contributed by atoms with van der Waals surface area (Å²) in [5.41, 5.74) is 0.752. The summed E-state index contributed by atoms with van der Waals surface area (Å²) in [4.78, 5) is 36.7. The van der Waals surface area contributed by atoms with Crippen LogP contribution in [0.15, 0.2) is 41.8 Å². The van der Waals surface area contributed by atoms with E-state index in [1.54, 1.807) is 43.3 Å². The summed E-state index contributed by atoms with van der Waals surface area (Å²) in [5.74, 6) is -0.419. The molecule has 0 aromatic heterocycles. The van der Waals surface area contributed by atoms with Crippen molar-refractivity contribution < 1.29 is 23.9 Å². The molecule has 1 aliphatic heterocycles. The zero-order valence-electron chi connectivity index (χ0n) is 13.2. The van der Waals surface area contributed by atoms with Gasteiger partial charge in [0, 0.05) is 0 Å². The van der Waals surface area contributed by atoms with Crippen LogP contribution in [0.3, 0.4) is 0 Å². The number of rotatable bonds is 7. The average molecular weight is 347 g/mol. The molecule has 0 saturated carbocycles. The van der Waals surface area contributed by atoms with Crippen LogP contribution < -0.4 is 4.74 Å². The number of amides is 2. The minimum Gasteiger partial charge on any atom is -0.490 e. The molecule has 1 aromatic carbocycles. The molecule has 6 nitrogen and oxygen atoms in total. The van der Waals surface area contributed by atoms with E-state index in [0.29, 0.717) is 12.4 Å². The molecule has 1 aliphatic rings. The van der Waals surface area contributed by atoms with Crippen molar-refractivity contribution in [1.82, 2.24) is 4.90 Å². The van der Waals surface area contributed by atoms with Crippen molar-refractivity contribution in [3.05, 3.63) is 47.4 Å². The third-order valence-corrected chi connectivity index (χ3v) is 3.92. The molecular weight excluding hydrogens is 330 g/mol. The van der Waals surface area contributed by atoms with Crippen molar-refractivity contribution in [3.8, 4) is 5.75 Å². The molecule has 0 spiro atoms. The predicted molar refractivity (Wildman–Crippen MR) is 91.4 cm³/mol. The first-order valence-corrected chi connectivity index (χ1v) is 8.11. The standard InChI is InChI=1S/C17H17NO5S/c1-3-9-23-13-7-5-12(6-8-13)10-14-16(20)18(17(21)24-14)11-15(19)22-4-2/h3,5-8,10H,1,4,9,11H2,2H3. The third kappa shape index (κ3) is 4.48. The van der Waals surface area contributed by atoms with Gasteiger partial charge in [-0.2, -0.15) is 0 Å². The monoisotopic (exact) mass is 347 g/mol. The maximum atomic E-state index is 12.2. The van der Waals surface area contributed by atoms with E-state index in [9.17, 15) is 14.4 Å². The van der Waals surface area contributed by atoms with Gasteiger partial charge in [-0.25, -0.2) is 0 Å². The van der Waals surface area contributed by atoms with Crippen LogP contribution in [0, 0.1) is 0 Å². The lowest BCUT2D eigenvalue weighted by Crippen LogP contribution is -2.34. The lowest BCUT2D eigenvalue weighted by atomic mass is 10.2. The van der Waals surface area contributed by atoms with E-state index < -0.39 is 17.1 Å². The molecule has 0 radical (unpaired) electrons. The van der Waals surface area contributed by atoms with Gasteiger partial charge in [0.15, 0.2) is 0 Å². The number of carbonyl (C=O) groups is 3. The Bertz CT molecular complexity index is 681. The molecule has 126 valence electrons. The maximum Gasteiger partial charge on any atom is 0.326 e. The molecule has 0 bridgehead atoms. The Balaban J connectivity index is 2.07. The highest BCUT2D eigenvalue weighted by Gasteiger charge is 2.36. The molecule has 2 amide bonds. The quantitative estimate of drug-likeness (QED) is 0.429. The normalized spacial score (nSPS) is 15.7. The molecule has 7 heteroatoms. The number of imide groups is 1. The van der Waals surface area contributed by atoms with E-state index in [1.807, 2.05) is 0 Å². The second-order valence-electron chi connectivity index (χ2n) is 4.74. The van der Waals surface area contributed by atoms with E-state index in [2.05, 4.69) is 6.58 Å². The van der Waals surface area contributed by atoms with Gasteiger partial charge >= 0.3 is 5.97 Å². The molecule has 1 heterocycles. The number of nitrogens with zero attached hydrogens (tertiary/aromatic N) is 1. The summed E-state index contributed by atoms with van der Waals surface area (Å²) >= 11 is 0.801. The van der Waals surface area contributed by atoms with Gasteiger partial charge in [0.05, 0.1) is 11.5 Å². The van der Waals surface area contributed by atoms with E-state index in [-0.39, 0.29) is 18.1 Å². The molecule has 1 fully saturated rings. The van der Waals surface area contributed by atoms with Crippen molar-refractivity contribution in [2.45, 2.75) is 6.92 Å². The number of benzene rings is 1. The fourth-order valence-corrected chi connectivity index (χ4v) is 2.78. The highest BCUT2D eigenvalue weighted by atomic mass is 32.2. The third-order valence-electron chi connectivity index (χ3n) is 3.01. The number of ether oxygens (including phenoxy) is 2. The highest BCUT2D eigenvalue weighted by molar-refractivity contribution is 8.18. The molecule has 0 atom stereocenters. The van der Waals surface area contributed by atoms with E-state index in [1.165, 1.54) is 0 Å². The molecule has 24 heavy (non-hydrogen) atoms. The summed E-state index contributed by atoms with van der Waals surface area (Å²) < 4.78 is 10.1. The van der Waals surface area contributed by atoms with Gasteiger partial charge in [-0.1, -0.05) is 24.8 Å². The Kier molecular flexibility index (Phi) is 6.20. The summed E-state index contributed by atoms with van der Waals surface area (Å²) in [6.45, 7) is 5.47. The van der Waals surface area contributed by atoms with Crippen LogP contribution >= 0.6 is 11.8 Å². The van der Waals surface area contributed by atoms with Crippen molar-refractivity contribution in [2.24, 2.45) is 0 Å². The zero-order valence-corrected chi connectivity index (χ0v) is 14.0.